The molecule has 0 bridgehead atoms. The van der Waals surface area contributed by atoms with E-state index in [-0.39, 0.29) is 11.9 Å². The minimum Gasteiger partial charge on any atom is -0.506 e. The first-order chi connectivity index (χ1) is 12.0. The zero-order valence-electron chi connectivity index (χ0n) is 14.8. The van der Waals surface area contributed by atoms with Crippen LogP contribution < -0.4 is 15.1 Å². The molecule has 25 heavy (non-hydrogen) atoms. The Labute approximate surface area is 148 Å². The molecule has 5 nitrogen and oxygen atoms in total. The summed E-state index contributed by atoms with van der Waals surface area (Å²) in [7, 11) is 0. The van der Waals surface area contributed by atoms with Crippen molar-refractivity contribution in [3.8, 4) is 5.75 Å². The maximum atomic E-state index is 12.5. The van der Waals surface area contributed by atoms with Crippen LogP contribution in [0.2, 0.25) is 0 Å². The fraction of sp³-hybridized carbons (Fsp3) is 0.350. The number of anilines is 2. The Morgan fingerprint density at radius 3 is 2.56 bits per heavy atom. The lowest BCUT2D eigenvalue weighted by atomic mass is 10.1. The molecule has 1 atom stereocenters. The Morgan fingerprint density at radius 1 is 1.16 bits per heavy atom. The summed E-state index contributed by atoms with van der Waals surface area (Å²) in [4.78, 5) is 16.0. The van der Waals surface area contributed by atoms with E-state index in [9.17, 15) is 9.90 Å². The van der Waals surface area contributed by atoms with Crippen LogP contribution in [0, 0.1) is 6.92 Å². The summed E-state index contributed by atoms with van der Waals surface area (Å²) in [6.45, 7) is 7.40. The number of nitrogens with one attached hydrogen (secondary N) is 2. The highest BCUT2D eigenvalue weighted by molar-refractivity contribution is 5.93. The van der Waals surface area contributed by atoms with Crippen molar-refractivity contribution in [2.24, 2.45) is 0 Å². The maximum Gasteiger partial charge on any atom is 0.282 e. The van der Waals surface area contributed by atoms with Crippen LogP contribution in [0.25, 0.3) is 0 Å². The number of benzene rings is 2. The SMILES string of the molecule is Cc1cccc(NC(=O)[C@@H](C)[NH+]2CCN(c3ccccc3O)CC2)c1. The molecule has 1 aliphatic heterocycles. The monoisotopic (exact) mass is 340 g/mol. The third-order valence-corrected chi connectivity index (χ3v) is 4.92. The molecule has 2 aromatic rings. The topological polar surface area (TPSA) is 57.0 Å². The van der Waals surface area contributed by atoms with Crippen molar-refractivity contribution in [3.05, 3.63) is 54.1 Å². The summed E-state index contributed by atoms with van der Waals surface area (Å²) in [6.07, 6.45) is 0. The van der Waals surface area contributed by atoms with Crippen molar-refractivity contribution in [2.75, 3.05) is 36.4 Å². The van der Waals surface area contributed by atoms with Gasteiger partial charge >= 0.3 is 0 Å². The average molecular weight is 340 g/mol. The molecule has 3 rings (SSSR count). The van der Waals surface area contributed by atoms with Gasteiger partial charge in [0.15, 0.2) is 6.04 Å². The lowest BCUT2D eigenvalue weighted by Gasteiger charge is -2.36. The zero-order chi connectivity index (χ0) is 17.8. The average Bonchev–Trinajstić information content (AvgIpc) is 2.62. The molecule has 0 aromatic heterocycles. The van der Waals surface area contributed by atoms with E-state index in [0.29, 0.717) is 5.75 Å². The first kappa shape index (κ1) is 17.3. The molecule has 0 spiro atoms. The number of aromatic hydroxyl groups is 1. The number of carbonyl (C=O) groups excluding carboxylic acids is 1. The lowest BCUT2D eigenvalue weighted by Crippen LogP contribution is -3.19. The van der Waals surface area contributed by atoms with Gasteiger partial charge in [0.05, 0.1) is 31.9 Å². The van der Waals surface area contributed by atoms with Gasteiger partial charge in [-0.05, 0) is 43.7 Å². The highest BCUT2D eigenvalue weighted by atomic mass is 16.3. The van der Waals surface area contributed by atoms with E-state index in [1.165, 1.54) is 4.90 Å². The molecule has 0 unspecified atom stereocenters. The van der Waals surface area contributed by atoms with Crippen molar-refractivity contribution in [2.45, 2.75) is 19.9 Å². The summed E-state index contributed by atoms with van der Waals surface area (Å²) in [5.41, 5.74) is 2.86. The summed E-state index contributed by atoms with van der Waals surface area (Å²) in [6, 6.07) is 15.2. The molecule has 1 heterocycles. The third-order valence-electron chi connectivity index (χ3n) is 4.92. The summed E-state index contributed by atoms with van der Waals surface area (Å²) >= 11 is 0. The van der Waals surface area contributed by atoms with Gasteiger partial charge in [-0.3, -0.25) is 4.79 Å². The van der Waals surface area contributed by atoms with E-state index in [1.54, 1.807) is 6.07 Å². The second kappa shape index (κ2) is 7.57. The van der Waals surface area contributed by atoms with Crippen LogP contribution in [-0.4, -0.2) is 43.2 Å². The standard InChI is InChI=1S/C20H25N3O2/c1-15-6-5-7-17(14-15)21-20(25)16(2)22-10-12-23(13-11-22)18-8-3-4-9-19(18)24/h3-9,14,16,24H,10-13H2,1-2H3,(H,21,25)/p+1/t16-/m1/s1. The Morgan fingerprint density at radius 2 is 1.88 bits per heavy atom. The molecule has 3 N–H and O–H groups in total. The van der Waals surface area contributed by atoms with Crippen molar-refractivity contribution in [1.29, 1.82) is 0 Å². The van der Waals surface area contributed by atoms with Gasteiger partial charge < -0.3 is 20.2 Å². The number of rotatable bonds is 4. The number of hydrogen-bond donors (Lipinski definition) is 3. The highest BCUT2D eigenvalue weighted by Crippen LogP contribution is 2.26. The van der Waals surface area contributed by atoms with Gasteiger partial charge in [-0.15, -0.1) is 0 Å². The number of aryl methyl sites for hydroxylation is 1. The van der Waals surface area contributed by atoms with Gasteiger partial charge in [0.25, 0.3) is 5.91 Å². The Kier molecular flexibility index (Phi) is 5.24. The molecule has 1 saturated heterocycles. The second-order valence-corrected chi connectivity index (χ2v) is 6.71. The summed E-state index contributed by atoms with van der Waals surface area (Å²) in [5.74, 6) is 0.368. The van der Waals surface area contributed by atoms with E-state index in [2.05, 4.69) is 10.2 Å². The van der Waals surface area contributed by atoms with Crippen molar-refractivity contribution in [3.63, 3.8) is 0 Å². The number of para-hydroxylation sites is 2. The predicted octanol–water partition coefficient (Wildman–Crippen LogP) is 1.43. The van der Waals surface area contributed by atoms with E-state index in [0.717, 1.165) is 43.1 Å². The van der Waals surface area contributed by atoms with Gasteiger partial charge in [-0.2, -0.15) is 0 Å². The molecule has 1 fully saturated rings. The summed E-state index contributed by atoms with van der Waals surface area (Å²) < 4.78 is 0. The molecule has 132 valence electrons. The van der Waals surface area contributed by atoms with Crippen molar-refractivity contribution < 1.29 is 14.8 Å². The third kappa shape index (κ3) is 4.12. The van der Waals surface area contributed by atoms with E-state index in [1.807, 2.05) is 56.3 Å². The van der Waals surface area contributed by atoms with Crippen LogP contribution in [-0.2, 0) is 4.79 Å². The molecular formula is C20H26N3O2+. The number of nitrogens with zero attached hydrogens (tertiary/aromatic N) is 1. The van der Waals surface area contributed by atoms with Crippen molar-refractivity contribution >= 4 is 17.3 Å². The van der Waals surface area contributed by atoms with Gasteiger partial charge in [-0.25, -0.2) is 0 Å². The van der Waals surface area contributed by atoms with Crippen LogP contribution in [0.15, 0.2) is 48.5 Å². The minimum atomic E-state index is -0.105. The highest BCUT2D eigenvalue weighted by Gasteiger charge is 2.29. The van der Waals surface area contributed by atoms with Crippen LogP contribution in [0.5, 0.6) is 5.75 Å². The van der Waals surface area contributed by atoms with Crippen LogP contribution in [0.1, 0.15) is 12.5 Å². The van der Waals surface area contributed by atoms with Gasteiger partial charge in [0.2, 0.25) is 0 Å². The first-order valence-electron chi connectivity index (χ1n) is 8.79. The number of phenolic OH excluding ortho intramolecular Hbond substituents is 1. The molecule has 1 aliphatic rings. The normalized spacial score (nSPS) is 16.5. The number of quaternary nitrogens is 1. The van der Waals surface area contributed by atoms with Gasteiger partial charge in [-0.1, -0.05) is 24.3 Å². The molecular weight excluding hydrogens is 314 g/mol. The second-order valence-electron chi connectivity index (χ2n) is 6.71. The Balaban J connectivity index is 1.57. The fourth-order valence-electron chi connectivity index (χ4n) is 3.36. The quantitative estimate of drug-likeness (QED) is 0.789. The van der Waals surface area contributed by atoms with Crippen LogP contribution in [0.4, 0.5) is 11.4 Å². The van der Waals surface area contributed by atoms with Crippen LogP contribution in [0.3, 0.4) is 0 Å². The molecule has 0 radical (unpaired) electrons. The van der Waals surface area contributed by atoms with Gasteiger partial charge in [0.1, 0.15) is 5.75 Å². The molecule has 0 saturated carbocycles. The Bertz CT molecular complexity index is 739. The number of carbonyl (C=O) groups is 1. The fourth-order valence-corrected chi connectivity index (χ4v) is 3.36. The molecule has 0 aliphatic carbocycles. The first-order valence-corrected chi connectivity index (χ1v) is 8.79. The smallest absolute Gasteiger partial charge is 0.282 e. The van der Waals surface area contributed by atoms with E-state index in [4.69, 9.17) is 0 Å². The number of piperazine rings is 1. The number of phenols is 1. The Hall–Kier alpha value is -2.53. The molecule has 5 heteroatoms. The largest absolute Gasteiger partial charge is 0.506 e. The maximum absolute atomic E-state index is 12.5. The zero-order valence-corrected chi connectivity index (χ0v) is 14.8. The van der Waals surface area contributed by atoms with E-state index < -0.39 is 0 Å². The number of amides is 1. The van der Waals surface area contributed by atoms with Crippen LogP contribution >= 0.6 is 0 Å². The minimum absolute atomic E-state index is 0.0524. The number of hydrogen-bond acceptors (Lipinski definition) is 3. The molecule has 2 aromatic carbocycles. The van der Waals surface area contributed by atoms with E-state index >= 15 is 0 Å². The predicted molar refractivity (Wildman–Crippen MR) is 100 cm³/mol. The lowest BCUT2D eigenvalue weighted by molar-refractivity contribution is -0.914. The van der Waals surface area contributed by atoms with Crippen molar-refractivity contribution in [1.82, 2.24) is 0 Å². The molecule has 1 amide bonds. The van der Waals surface area contributed by atoms with Gasteiger partial charge in [0, 0.05) is 5.69 Å². The summed E-state index contributed by atoms with van der Waals surface area (Å²) in [5, 5.41) is 13.0.